The van der Waals surface area contributed by atoms with Gasteiger partial charge in [-0.25, -0.2) is 0 Å². The number of rotatable bonds is 10. The third-order valence-electron chi connectivity index (χ3n) is 6.08. The highest BCUT2D eigenvalue weighted by atomic mass is 19.4. The van der Waals surface area contributed by atoms with E-state index in [4.69, 9.17) is 16.2 Å². The van der Waals surface area contributed by atoms with E-state index in [1.807, 2.05) is 54.6 Å². The number of nitrogens with two attached hydrogens (primary N) is 2. The maximum absolute atomic E-state index is 12.7. The molecule has 0 aromatic heterocycles. The fourth-order valence-corrected chi connectivity index (χ4v) is 4.18. The van der Waals surface area contributed by atoms with Crippen LogP contribution in [0.5, 0.6) is 5.75 Å². The maximum atomic E-state index is 12.7. The van der Waals surface area contributed by atoms with Crippen molar-refractivity contribution >= 4 is 11.4 Å². The van der Waals surface area contributed by atoms with Crippen molar-refractivity contribution in [3.05, 3.63) is 125 Å². The first-order valence-electron chi connectivity index (χ1n) is 12.9. The number of anilines is 2. The van der Waals surface area contributed by atoms with Crippen LogP contribution < -0.4 is 16.2 Å². The fraction of sp³-hybridized carbons (Fsp3) is 0.250. The molecule has 0 aliphatic rings. The maximum Gasteiger partial charge on any atom is 0.401 e. The van der Waals surface area contributed by atoms with E-state index in [1.54, 1.807) is 31.4 Å². The monoisotopic (exact) mass is 550 g/mol. The quantitative estimate of drug-likeness (QED) is 0.214. The molecule has 0 aliphatic heterocycles. The number of ether oxygens (including phenoxy) is 1. The number of halogens is 3. The van der Waals surface area contributed by atoms with Gasteiger partial charge in [-0.2, -0.15) is 13.2 Å². The van der Waals surface area contributed by atoms with Gasteiger partial charge in [0.15, 0.2) is 0 Å². The normalized spacial score (nSPS) is 11.3. The predicted octanol–water partition coefficient (Wildman–Crippen LogP) is 6.74. The van der Waals surface area contributed by atoms with E-state index in [9.17, 15) is 13.2 Å². The van der Waals surface area contributed by atoms with E-state index in [2.05, 4.69) is 36.2 Å². The molecule has 0 saturated carbocycles. The summed E-state index contributed by atoms with van der Waals surface area (Å²) in [6.07, 6.45) is -4.22. The molecular formula is C32H37F3N4O. The molecule has 5 nitrogen and oxygen atoms in total. The molecule has 0 bridgehead atoms. The zero-order valence-corrected chi connectivity index (χ0v) is 22.9. The van der Waals surface area contributed by atoms with Crippen LogP contribution in [0, 0.1) is 0 Å². The lowest BCUT2D eigenvalue weighted by molar-refractivity contribution is -0.148. The van der Waals surface area contributed by atoms with Crippen LogP contribution in [0.3, 0.4) is 0 Å². The van der Waals surface area contributed by atoms with Crippen molar-refractivity contribution in [3.63, 3.8) is 0 Å². The largest absolute Gasteiger partial charge is 0.497 e. The summed E-state index contributed by atoms with van der Waals surface area (Å²) in [7, 11) is 3.79. The van der Waals surface area contributed by atoms with Crippen molar-refractivity contribution in [2.24, 2.45) is 0 Å². The Balaban J connectivity index is 0.000000222. The summed E-state index contributed by atoms with van der Waals surface area (Å²) >= 11 is 0. The number of benzene rings is 4. The number of hydrogen-bond donors (Lipinski definition) is 2. The Morgan fingerprint density at radius 3 is 1.43 bits per heavy atom. The first kappa shape index (κ1) is 30.5. The Kier molecular flexibility index (Phi) is 11.4. The lowest BCUT2D eigenvalue weighted by Crippen LogP contribution is -2.33. The summed E-state index contributed by atoms with van der Waals surface area (Å²) < 4.78 is 43.3. The molecule has 4 rings (SSSR count). The van der Waals surface area contributed by atoms with Gasteiger partial charge in [-0.15, -0.1) is 0 Å². The minimum Gasteiger partial charge on any atom is -0.497 e. The van der Waals surface area contributed by atoms with Crippen LogP contribution in [0.2, 0.25) is 0 Å². The molecule has 4 aromatic carbocycles. The predicted molar refractivity (Wildman–Crippen MR) is 156 cm³/mol. The lowest BCUT2D eigenvalue weighted by Gasteiger charge is -2.24. The van der Waals surface area contributed by atoms with Crippen LogP contribution in [0.1, 0.15) is 22.3 Å². The summed E-state index contributed by atoms with van der Waals surface area (Å²) in [5.41, 5.74) is 16.9. The molecular weight excluding hydrogens is 513 g/mol. The Morgan fingerprint density at radius 1 is 0.600 bits per heavy atom. The van der Waals surface area contributed by atoms with Gasteiger partial charge in [-0.1, -0.05) is 66.7 Å². The first-order chi connectivity index (χ1) is 19.1. The first-order valence-corrected chi connectivity index (χ1v) is 12.9. The number of alkyl halides is 3. The average Bonchev–Trinajstić information content (AvgIpc) is 2.92. The Labute approximate surface area is 234 Å². The summed E-state index contributed by atoms with van der Waals surface area (Å²) in [6.45, 7) is 1.37. The van der Waals surface area contributed by atoms with Crippen LogP contribution in [0.15, 0.2) is 103 Å². The van der Waals surface area contributed by atoms with Crippen LogP contribution in [-0.2, 0) is 26.2 Å². The molecule has 0 aliphatic carbocycles. The zero-order valence-electron chi connectivity index (χ0n) is 22.9. The number of methoxy groups -OCH3 is 1. The van der Waals surface area contributed by atoms with Crippen LogP contribution in [0.4, 0.5) is 24.5 Å². The molecule has 0 heterocycles. The number of nitrogens with zero attached hydrogens (tertiary/aromatic N) is 2. The van der Waals surface area contributed by atoms with E-state index in [0.717, 1.165) is 35.7 Å². The number of nitrogen functional groups attached to an aromatic ring is 2. The zero-order chi connectivity index (χ0) is 29.0. The van der Waals surface area contributed by atoms with Gasteiger partial charge in [0.05, 0.1) is 13.7 Å². The van der Waals surface area contributed by atoms with E-state index in [0.29, 0.717) is 5.69 Å². The highest BCUT2D eigenvalue weighted by molar-refractivity contribution is 5.40. The van der Waals surface area contributed by atoms with Gasteiger partial charge < -0.3 is 16.2 Å². The minimum atomic E-state index is -4.22. The van der Waals surface area contributed by atoms with E-state index >= 15 is 0 Å². The topological polar surface area (TPSA) is 67.8 Å². The lowest BCUT2D eigenvalue weighted by atomic mass is 10.1. The van der Waals surface area contributed by atoms with Gasteiger partial charge in [0, 0.05) is 37.6 Å². The summed E-state index contributed by atoms with van der Waals surface area (Å²) in [5.74, 6) is 0.893. The van der Waals surface area contributed by atoms with Gasteiger partial charge >= 0.3 is 6.18 Å². The Morgan fingerprint density at radius 2 is 1.00 bits per heavy atom. The van der Waals surface area contributed by atoms with Gasteiger partial charge in [0.2, 0.25) is 0 Å². The third-order valence-corrected chi connectivity index (χ3v) is 6.08. The fourth-order valence-electron chi connectivity index (χ4n) is 4.18. The summed E-state index contributed by atoms with van der Waals surface area (Å²) in [4.78, 5) is 3.65. The van der Waals surface area contributed by atoms with E-state index in [-0.39, 0.29) is 13.1 Å². The highest BCUT2D eigenvalue weighted by Gasteiger charge is 2.30. The molecule has 0 fully saturated rings. The van der Waals surface area contributed by atoms with Crippen molar-refractivity contribution < 1.29 is 17.9 Å². The molecule has 0 amide bonds. The van der Waals surface area contributed by atoms with E-state index < -0.39 is 12.7 Å². The van der Waals surface area contributed by atoms with Gasteiger partial charge in [0.25, 0.3) is 0 Å². The van der Waals surface area contributed by atoms with Gasteiger partial charge in [-0.3, -0.25) is 9.80 Å². The van der Waals surface area contributed by atoms with Crippen LogP contribution >= 0.6 is 0 Å². The average molecular weight is 551 g/mol. The van der Waals surface area contributed by atoms with E-state index in [1.165, 1.54) is 16.0 Å². The Bertz CT molecular complexity index is 1260. The molecule has 0 saturated heterocycles. The molecule has 0 radical (unpaired) electrons. The molecule has 0 atom stereocenters. The summed E-state index contributed by atoms with van der Waals surface area (Å²) in [5, 5.41) is 0. The molecule has 8 heteroatoms. The second-order valence-electron chi connectivity index (χ2n) is 9.75. The van der Waals surface area contributed by atoms with Crippen molar-refractivity contribution in [2.75, 3.05) is 32.2 Å². The molecule has 4 N–H and O–H groups in total. The van der Waals surface area contributed by atoms with Crippen molar-refractivity contribution in [3.8, 4) is 5.75 Å². The van der Waals surface area contributed by atoms with Crippen molar-refractivity contribution in [2.45, 2.75) is 32.4 Å². The molecule has 212 valence electrons. The second-order valence-corrected chi connectivity index (χ2v) is 9.75. The number of hydrogen-bond acceptors (Lipinski definition) is 5. The van der Waals surface area contributed by atoms with Gasteiger partial charge in [-0.05, 0) is 65.7 Å². The molecule has 40 heavy (non-hydrogen) atoms. The second kappa shape index (κ2) is 15.0. The molecule has 0 unspecified atom stereocenters. The summed E-state index contributed by atoms with van der Waals surface area (Å²) in [6, 6.07) is 32.2. The smallest absolute Gasteiger partial charge is 0.401 e. The van der Waals surface area contributed by atoms with Crippen molar-refractivity contribution in [1.82, 2.24) is 9.80 Å². The van der Waals surface area contributed by atoms with Crippen molar-refractivity contribution in [1.29, 1.82) is 0 Å². The molecule has 0 spiro atoms. The minimum absolute atomic E-state index is 0.231. The SMILES string of the molecule is COc1ccc(CN(C)Cc2ccc(N)cc2)cc1.Nc1ccc(CN(Cc2ccccc2)CC(F)(F)F)cc1. The highest BCUT2D eigenvalue weighted by Crippen LogP contribution is 2.20. The molecule has 4 aromatic rings. The van der Waals surface area contributed by atoms with Crippen LogP contribution in [-0.4, -0.2) is 36.7 Å². The standard InChI is InChI=1S/C16H17F3N2.C16H20N2O/c17-16(18,19)12-21(10-13-4-2-1-3-5-13)11-14-6-8-15(20)9-7-14;1-18(11-13-3-7-15(17)8-4-13)12-14-5-9-16(19-2)10-6-14/h1-9H,10-12,20H2;3-10H,11-12,17H2,1-2H3. The van der Waals surface area contributed by atoms with Crippen LogP contribution in [0.25, 0.3) is 0 Å². The Hall–Kier alpha value is -4.01. The third kappa shape index (κ3) is 11.4. The van der Waals surface area contributed by atoms with Gasteiger partial charge in [0.1, 0.15) is 5.75 Å².